The molecule has 0 bridgehead atoms. The summed E-state index contributed by atoms with van der Waals surface area (Å²) in [6.45, 7) is 3.44. The van der Waals surface area contributed by atoms with Gasteiger partial charge in [-0.15, -0.1) is 0 Å². The highest BCUT2D eigenvalue weighted by Gasteiger charge is 2.23. The van der Waals surface area contributed by atoms with Crippen LogP contribution in [-0.2, 0) is 10.0 Å². The minimum absolute atomic E-state index is 0.0547. The van der Waals surface area contributed by atoms with E-state index < -0.39 is 10.0 Å². The van der Waals surface area contributed by atoms with E-state index >= 15 is 0 Å². The number of sulfonamides is 1. The lowest BCUT2D eigenvalue weighted by atomic mass is 10.1. The summed E-state index contributed by atoms with van der Waals surface area (Å²) in [7, 11) is -3.86. The Labute approximate surface area is 139 Å². The van der Waals surface area contributed by atoms with E-state index in [0.29, 0.717) is 15.7 Å². The Bertz CT molecular complexity index is 809. The van der Waals surface area contributed by atoms with Crippen LogP contribution >= 0.6 is 31.9 Å². The van der Waals surface area contributed by atoms with Gasteiger partial charge in [0.2, 0.25) is 0 Å². The van der Waals surface area contributed by atoms with Gasteiger partial charge in [-0.1, -0.05) is 12.1 Å². The van der Waals surface area contributed by atoms with Crippen LogP contribution in [0.4, 0.5) is 11.5 Å². The average molecular weight is 436 g/mol. The van der Waals surface area contributed by atoms with Crippen molar-refractivity contribution in [2.45, 2.75) is 18.7 Å². The highest BCUT2D eigenvalue weighted by Crippen LogP contribution is 2.29. The molecular weight excluding hydrogens is 424 g/mol. The van der Waals surface area contributed by atoms with Gasteiger partial charge in [0.25, 0.3) is 10.0 Å². The van der Waals surface area contributed by atoms with Gasteiger partial charge < -0.3 is 5.73 Å². The Kier molecular flexibility index (Phi) is 4.54. The molecule has 1 aromatic carbocycles. The van der Waals surface area contributed by atoms with Gasteiger partial charge in [-0.3, -0.25) is 4.72 Å². The van der Waals surface area contributed by atoms with Gasteiger partial charge in [-0.2, -0.15) is 0 Å². The van der Waals surface area contributed by atoms with Gasteiger partial charge in [-0.05, 0) is 56.8 Å². The quantitative estimate of drug-likeness (QED) is 0.722. The van der Waals surface area contributed by atoms with Gasteiger partial charge in [-0.25, -0.2) is 18.4 Å². The molecule has 1 aromatic heterocycles. The van der Waals surface area contributed by atoms with Crippen LogP contribution < -0.4 is 10.5 Å². The van der Waals surface area contributed by atoms with Crippen molar-refractivity contribution in [1.82, 2.24) is 9.97 Å². The van der Waals surface area contributed by atoms with Crippen LogP contribution in [0.5, 0.6) is 0 Å². The molecule has 112 valence electrons. The number of nitrogens with zero attached hydrogens (tertiary/aromatic N) is 2. The third kappa shape index (κ3) is 3.35. The van der Waals surface area contributed by atoms with Crippen molar-refractivity contribution in [3.63, 3.8) is 0 Å². The van der Waals surface area contributed by atoms with Crippen molar-refractivity contribution >= 4 is 53.4 Å². The molecular formula is C12H12Br2N4O2S. The number of aryl methyl sites for hydroxylation is 2. The SMILES string of the molecule is Cc1ccc(C)c(S(=O)(=O)Nc2ncc(Br)nc2Br)c1N. The molecule has 3 N–H and O–H groups in total. The molecule has 0 fully saturated rings. The van der Waals surface area contributed by atoms with Gasteiger partial charge in [0, 0.05) is 0 Å². The molecule has 0 atom stereocenters. The van der Waals surface area contributed by atoms with Gasteiger partial charge in [0.15, 0.2) is 10.4 Å². The van der Waals surface area contributed by atoms with Crippen LogP contribution in [0.2, 0.25) is 0 Å². The maximum absolute atomic E-state index is 12.5. The maximum atomic E-state index is 12.5. The highest BCUT2D eigenvalue weighted by atomic mass is 79.9. The second-order valence-electron chi connectivity index (χ2n) is 4.38. The zero-order chi connectivity index (χ0) is 15.8. The van der Waals surface area contributed by atoms with Crippen molar-refractivity contribution in [3.05, 3.63) is 38.7 Å². The first-order valence-corrected chi connectivity index (χ1v) is 8.86. The Balaban J connectivity index is 2.51. The molecule has 0 amide bonds. The fraction of sp³-hybridized carbons (Fsp3) is 0.167. The van der Waals surface area contributed by atoms with Crippen molar-refractivity contribution in [2.24, 2.45) is 0 Å². The highest BCUT2D eigenvalue weighted by molar-refractivity contribution is 9.11. The molecule has 0 unspecified atom stereocenters. The molecule has 0 radical (unpaired) electrons. The van der Waals surface area contributed by atoms with Gasteiger partial charge in [0.1, 0.15) is 9.50 Å². The second-order valence-corrected chi connectivity index (χ2v) is 7.56. The number of hydrogen-bond acceptors (Lipinski definition) is 5. The minimum Gasteiger partial charge on any atom is -0.397 e. The van der Waals surface area contributed by atoms with Crippen molar-refractivity contribution in [3.8, 4) is 0 Å². The lowest BCUT2D eigenvalue weighted by Crippen LogP contribution is -2.18. The number of nitrogen functional groups attached to an aromatic ring is 1. The van der Waals surface area contributed by atoms with E-state index in [-0.39, 0.29) is 21.0 Å². The Morgan fingerprint density at radius 1 is 1.19 bits per heavy atom. The molecule has 0 saturated carbocycles. The average Bonchev–Trinajstić information content (AvgIpc) is 2.37. The molecule has 6 nitrogen and oxygen atoms in total. The zero-order valence-corrected chi connectivity index (χ0v) is 15.2. The number of aromatic nitrogens is 2. The second kappa shape index (κ2) is 5.90. The number of hydrogen-bond donors (Lipinski definition) is 2. The third-order valence-corrected chi connectivity index (χ3v) is 5.29. The van der Waals surface area contributed by atoms with E-state index in [9.17, 15) is 8.42 Å². The van der Waals surface area contributed by atoms with Crippen molar-refractivity contribution < 1.29 is 8.42 Å². The smallest absolute Gasteiger partial charge is 0.265 e. The van der Waals surface area contributed by atoms with E-state index in [4.69, 9.17) is 5.73 Å². The lowest BCUT2D eigenvalue weighted by molar-refractivity contribution is 0.600. The summed E-state index contributed by atoms with van der Waals surface area (Å²) in [6.07, 6.45) is 1.40. The molecule has 2 rings (SSSR count). The summed E-state index contributed by atoms with van der Waals surface area (Å²) in [5, 5.41) is 0. The summed E-state index contributed by atoms with van der Waals surface area (Å²) in [4.78, 5) is 8.06. The molecule has 0 aliphatic rings. The fourth-order valence-corrected chi connectivity index (χ4v) is 4.25. The molecule has 21 heavy (non-hydrogen) atoms. The standard InChI is InChI=1S/C12H12Br2N4O2S/c1-6-3-4-7(2)10(9(6)15)21(19,20)18-12-11(14)17-8(13)5-16-12/h3-5H,15H2,1-2H3,(H,16,18). The zero-order valence-electron chi connectivity index (χ0n) is 11.2. The summed E-state index contributed by atoms with van der Waals surface area (Å²) >= 11 is 6.31. The molecule has 0 aliphatic heterocycles. The number of anilines is 2. The first kappa shape index (κ1) is 16.2. The Morgan fingerprint density at radius 3 is 2.43 bits per heavy atom. The van der Waals surface area contributed by atoms with Crippen LogP contribution in [0.3, 0.4) is 0 Å². The molecule has 0 aliphatic carbocycles. The first-order valence-electron chi connectivity index (χ1n) is 5.79. The van der Waals surface area contributed by atoms with Crippen LogP contribution in [-0.4, -0.2) is 18.4 Å². The normalized spacial score (nSPS) is 11.4. The molecule has 0 saturated heterocycles. The molecule has 0 spiro atoms. The fourth-order valence-electron chi connectivity index (χ4n) is 1.76. The number of rotatable bonds is 3. The third-order valence-electron chi connectivity index (χ3n) is 2.81. The van der Waals surface area contributed by atoms with E-state index in [0.717, 1.165) is 0 Å². The van der Waals surface area contributed by atoms with Gasteiger partial charge in [0.05, 0.1) is 11.9 Å². The summed E-state index contributed by atoms with van der Waals surface area (Å²) in [5.41, 5.74) is 7.39. The van der Waals surface area contributed by atoms with Crippen LogP contribution in [0.1, 0.15) is 11.1 Å². The molecule has 2 aromatic rings. The van der Waals surface area contributed by atoms with E-state index in [1.54, 1.807) is 26.0 Å². The lowest BCUT2D eigenvalue weighted by Gasteiger charge is -2.14. The van der Waals surface area contributed by atoms with Crippen molar-refractivity contribution in [2.75, 3.05) is 10.5 Å². The van der Waals surface area contributed by atoms with E-state index in [1.165, 1.54) is 6.20 Å². The number of nitrogens with one attached hydrogen (secondary N) is 1. The predicted octanol–water partition coefficient (Wildman–Crippen LogP) is 3.00. The number of benzene rings is 1. The number of halogens is 2. The Hall–Kier alpha value is -1.19. The van der Waals surface area contributed by atoms with E-state index in [1.807, 2.05) is 0 Å². The first-order chi connectivity index (χ1) is 9.72. The molecule has 9 heteroatoms. The van der Waals surface area contributed by atoms with Gasteiger partial charge >= 0.3 is 0 Å². The molecule has 1 heterocycles. The number of nitrogens with two attached hydrogens (primary N) is 1. The van der Waals surface area contributed by atoms with Crippen LogP contribution in [0.15, 0.2) is 32.4 Å². The monoisotopic (exact) mass is 434 g/mol. The van der Waals surface area contributed by atoms with Crippen molar-refractivity contribution in [1.29, 1.82) is 0 Å². The summed E-state index contributed by atoms with van der Waals surface area (Å²) in [6, 6.07) is 3.49. The van der Waals surface area contributed by atoms with E-state index in [2.05, 4.69) is 46.5 Å². The summed E-state index contributed by atoms with van der Waals surface area (Å²) < 4.78 is 28.2. The maximum Gasteiger partial charge on any atom is 0.265 e. The van der Waals surface area contributed by atoms with Crippen LogP contribution in [0.25, 0.3) is 0 Å². The summed E-state index contributed by atoms with van der Waals surface area (Å²) in [5.74, 6) is 0.0958. The predicted molar refractivity (Wildman–Crippen MR) is 88.6 cm³/mol. The minimum atomic E-state index is -3.86. The Morgan fingerprint density at radius 2 is 1.81 bits per heavy atom. The van der Waals surface area contributed by atoms with Crippen LogP contribution in [0, 0.1) is 13.8 Å². The largest absolute Gasteiger partial charge is 0.397 e. The topological polar surface area (TPSA) is 98.0 Å².